The van der Waals surface area contributed by atoms with Gasteiger partial charge in [0.25, 0.3) is 5.91 Å². The van der Waals surface area contributed by atoms with E-state index in [4.69, 9.17) is 16.0 Å². The number of sulfonamides is 1. The Morgan fingerprint density at radius 3 is 2.34 bits per heavy atom. The smallest absolute Gasteiger partial charge is 0.251 e. The van der Waals surface area contributed by atoms with Crippen LogP contribution in [0.5, 0.6) is 0 Å². The Bertz CT molecular complexity index is 1050. The molecule has 0 saturated heterocycles. The number of amides is 1. The van der Waals surface area contributed by atoms with E-state index in [1.807, 2.05) is 19.1 Å². The number of nitrogens with one attached hydrogen (secondary N) is 2. The van der Waals surface area contributed by atoms with Crippen molar-refractivity contribution >= 4 is 27.5 Å². The molecule has 1 atom stereocenters. The molecule has 0 aliphatic rings. The van der Waals surface area contributed by atoms with E-state index in [1.54, 1.807) is 24.3 Å². The molecule has 0 unspecified atom stereocenters. The fourth-order valence-corrected chi connectivity index (χ4v) is 3.93. The number of carbonyl (C=O) groups excluding carboxylic acids is 1. The maximum atomic E-state index is 12.6. The summed E-state index contributed by atoms with van der Waals surface area (Å²) in [5.74, 6) is 0.233. The van der Waals surface area contributed by atoms with E-state index < -0.39 is 10.0 Å². The highest BCUT2D eigenvalue weighted by molar-refractivity contribution is 7.89. The SMILES string of the molecule is CC[C@@H](NC(=O)c1ccc(S(=O)(=O)NCc2ccco2)cc1)c1ccc(Cl)cc1. The van der Waals surface area contributed by atoms with Crippen LogP contribution in [0, 0.1) is 0 Å². The summed E-state index contributed by atoms with van der Waals surface area (Å²) < 4.78 is 32.3. The first-order valence-corrected chi connectivity index (χ1v) is 10.9. The molecule has 8 heteroatoms. The van der Waals surface area contributed by atoms with Gasteiger partial charge in [0.2, 0.25) is 10.0 Å². The molecule has 0 fully saturated rings. The molecule has 29 heavy (non-hydrogen) atoms. The fourth-order valence-electron chi connectivity index (χ4n) is 2.81. The summed E-state index contributed by atoms with van der Waals surface area (Å²) in [6, 6.07) is 16.3. The van der Waals surface area contributed by atoms with E-state index in [0.29, 0.717) is 22.8 Å². The summed E-state index contributed by atoms with van der Waals surface area (Å²) in [5, 5.41) is 3.59. The van der Waals surface area contributed by atoms with Gasteiger partial charge in [-0.15, -0.1) is 0 Å². The number of hydrogen-bond donors (Lipinski definition) is 2. The predicted molar refractivity (Wildman–Crippen MR) is 111 cm³/mol. The second-order valence-corrected chi connectivity index (χ2v) is 8.62. The normalized spacial score (nSPS) is 12.5. The van der Waals surface area contributed by atoms with E-state index in [2.05, 4.69) is 10.0 Å². The number of benzene rings is 2. The average Bonchev–Trinajstić information content (AvgIpc) is 3.25. The van der Waals surface area contributed by atoms with Crippen molar-refractivity contribution in [3.63, 3.8) is 0 Å². The quantitative estimate of drug-likeness (QED) is 0.555. The first-order chi connectivity index (χ1) is 13.9. The lowest BCUT2D eigenvalue weighted by Crippen LogP contribution is -2.28. The van der Waals surface area contributed by atoms with Gasteiger partial charge >= 0.3 is 0 Å². The summed E-state index contributed by atoms with van der Waals surface area (Å²) in [6.07, 6.45) is 2.18. The molecule has 0 aliphatic carbocycles. The zero-order chi connectivity index (χ0) is 20.9. The highest BCUT2D eigenvalue weighted by Gasteiger charge is 2.17. The first-order valence-electron chi connectivity index (χ1n) is 9.07. The van der Waals surface area contributed by atoms with Crippen molar-refractivity contribution in [3.05, 3.63) is 88.8 Å². The number of halogens is 1. The molecule has 3 rings (SSSR count). The van der Waals surface area contributed by atoms with Gasteiger partial charge in [0, 0.05) is 10.6 Å². The predicted octanol–water partition coefficient (Wildman–Crippen LogP) is 4.29. The summed E-state index contributed by atoms with van der Waals surface area (Å²) in [7, 11) is -3.71. The van der Waals surface area contributed by atoms with Crippen LogP contribution in [-0.4, -0.2) is 14.3 Å². The monoisotopic (exact) mass is 432 g/mol. The van der Waals surface area contributed by atoms with Gasteiger partial charge in [-0.3, -0.25) is 4.79 Å². The van der Waals surface area contributed by atoms with Crippen LogP contribution in [0.3, 0.4) is 0 Å². The summed E-state index contributed by atoms with van der Waals surface area (Å²) in [4.78, 5) is 12.7. The van der Waals surface area contributed by atoms with Gasteiger partial charge in [-0.05, 0) is 60.5 Å². The highest BCUT2D eigenvalue weighted by Crippen LogP contribution is 2.20. The summed E-state index contributed by atoms with van der Waals surface area (Å²) >= 11 is 5.92. The van der Waals surface area contributed by atoms with Crippen molar-refractivity contribution in [1.29, 1.82) is 0 Å². The Hall–Kier alpha value is -2.61. The second-order valence-electron chi connectivity index (χ2n) is 6.41. The molecule has 0 aliphatic heterocycles. The molecule has 2 aromatic carbocycles. The third-order valence-corrected chi connectivity index (χ3v) is 6.10. The molecule has 152 valence electrons. The Morgan fingerprint density at radius 1 is 1.07 bits per heavy atom. The highest BCUT2D eigenvalue weighted by atomic mass is 35.5. The van der Waals surface area contributed by atoms with E-state index in [1.165, 1.54) is 30.5 Å². The van der Waals surface area contributed by atoms with Crippen LogP contribution in [0.1, 0.15) is 41.1 Å². The minimum absolute atomic E-state index is 0.0524. The van der Waals surface area contributed by atoms with Crippen molar-refractivity contribution in [2.24, 2.45) is 0 Å². The van der Waals surface area contributed by atoms with Crippen molar-refractivity contribution in [2.75, 3.05) is 0 Å². The van der Waals surface area contributed by atoms with E-state index >= 15 is 0 Å². The Labute approximate surface area is 174 Å². The first kappa shape index (κ1) is 21.1. The maximum Gasteiger partial charge on any atom is 0.251 e. The lowest BCUT2D eigenvalue weighted by atomic mass is 10.0. The molecular weight excluding hydrogens is 412 g/mol. The van der Waals surface area contributed by atoms with Gasteiger partial charge in [0.05, 0.1) is 23.7 Å². The van der Waals surface area contributed by atoms with Crippen LogP contribution >= 0.6 is 11.6 Å². The van der Waals surface area contributed by atoms with Crippen molar-refractivity contribution < 1.29 is 17.6 Å². The molecule has 1 heterocycles. The minimum atomic E-state index is -3.71. The van der Waals surface area contributed by atoms with Gasteiger partial charge in [0.15, 0.2) is 0 Å². The zero-order valence-electron chi connectivity index (χ0n) is 15.8. The van der Waals surface area contributed by atoms with Crippen molar-refractivity contribution in [1.82, 2.24) is 10.0 Å². The number of carbonyl (C=O) groups is 1. The maximum absolute atomic E-state index is 12.6. The standard InChI is InChI=1S/C21H21ClN2O4S/c1-2-20(15-5-9-17(22)10-6-15)24-21(25)16-7-11-19(12-8-16)29(26,27)23-14-18-4-3-13-28-18/h3-13,20,23H,2,14H2,1H3,(H,24,25)/t20-/m1/s1. The van der Waals surface area contributed by atoms with Crippen molar-refractivity contribution in [3.8, 4) is 0 Å². The summed E-state index contributed by atoms with van der Waals surface area (Å²) in [5.41, 5.74) is 1.33. The van der Waals surface area contributed by atoms with Crippen LogP contribution in [0.4, 0.5) is 0 Å². The molecule has 0 bridgehead atoms. The van der Waals surface area contributed by atoms with Gasteiger partial charge in [-0.1, -0.05) is 30.7 Å². The molecule has 0 spiro atoms. The number of rotatable bonds is 8. The molecular formula is C21H21ClN2O4S. The number of furan rings is 1. The fraction of sp³-hybridized carbons (Fsp3) is 0.190. The van der Waals surface area contributed by atoms with E-state index in [0.717, 1.165) is 5.56 Å². The lowest BCUT2D eigenvalue weighted by Gasteiger charge is -2.18. The largest absolute Gasteiger partial charge is 0.468 e. The van der Waals surface area contributed by atoms with Crippen LogP contribution in [-0.2, 0) is 16.6 Å². The molecule has 6 nitrogen and oxygen atoms in total. The van der Waals surface area contributed by atoms with Crippen LogP contribution in [0.2, 0.25) is 5.02 Å². The lowest BCUT2D eigenvalue weighted by molar-refractivity contribution is 0.0935. The van der Waals surface area contributed by atoms with Crippen LogP contribution in [0.15, 0.2) is 76.2 Å². The molecule has 1 aromatic heterocycles. The Balaban J connectivity index is 1.66. The van der Waals surface area contributed by atoms with Crippen molar-refractivity contribution in [2.45, 2.75) is 30.8 Å². The third kappa shape index (κ3) is 5.47. The van der Waals surface area contributed by atoms with Crippen LogP contribution < -0.4 is 10.0 Å². The van der Waals surface area contributed by atoms with Gasteiger partial charge in [0.1, 0.15) is 5.76 Å². The molecule has 1 amide bonds. The zero-order valence-corrected chi connectivity index (χ0v) is 17.3. The van der Waals surface area contributed by atoms with E-state index in [9.17, 15) is 13.2 Å². The Kier molecular flexibility index (Phi) is 6.74. The minimum Gasteiger partial charge on any atom is -0.468 e. The molecule has 0 radical (unpaired) electrons. The third-order valence-electron chi connectivity index (χ3n) is 4.43. The van der Waals surface area contributed by atoms with E-state index in [-0.39, 0.29) is 23.4 Å². The topological polar surface area (TPSA) is 88.4 Å². The average molecular weight is 433 g/mol. The molecule has 3 aromatic rings. The molecule has 0 saturated carbocycles. The van der Waals surface area contributed by atoms with Gasteiger partial charge in [-0.2, -0.15) is 0 Å². The van der Waals surface area contributed by atoms with Crippen LogP contribution in [0.25, 0.3) is 0 Å². The van der Waals surface area contributed by atoms with Gasteiger partial charge in [-0.25, -0.2) is 13.1 Å². The second kappa shape index (κ2) is 9.26. The Morgan fingerprint density at radius 2 is 1.76 bits per heavy atom. The number of hydrogen-bond acceptors (Lipinski definition) is 4. The van der Waals surface area contributed by atoms with Gasteiger partial charge < -0.3 is 9.73 Å². The molecule has 2 N–H and O–H groups in total. The summed E-state index contributed by atoms with van der Waals surface area (Å²) in [6.45, 7) is 2.02.